The number of hydrogen-bond donors (Lipinski definition) is 2. The highest BCUT2D eigenvalue weighted by atomic mass is 32.2. The van der Waals surface area contributed by atoms with Crippen molar-refractivity contribution in [3.05, 3.63) is 66.5 Å². The van der Waals surface area contributed by atoms with E-state index in [1.165, 1.54) is 0 Å². The van der Waals surface area contributed by atoms with E-state index in [-0.39, 0.29) is 11.3 Å². The highest BCUT2D eigenvalue weighted by molar-refractivity contribution is 7.89. The Bertz CT molecular complexity index is 1470. The minimum atomic E-state index is -3.69. The number of aromatic nitrogens is 3. The summed E-state index contributed by atoms with van der Waals surface area (Å²) in [5.41, 5.74) is 2.28. The van der Waals surface area contributed by atoms with E-state index in [0.717, 1.165) is 11.2 Å². The lowest BCUT2D eigenvalue weighted by Gasteiger charge is -2.38. The van der Waals surface area contributed by atoms with Crippen LogP contribution in [0, 0.1) is 0 Å². The number of nitrogens with zero attached hydrogens (tertiary/aromatic N) is 4. The van der Waals surface area contributed by atoms with Crippen molar-refractivity contribution in [2.45, 2.75) is 43.4 Å². The predicted molar refractivity (Wildman–Crippen MR) is 140 cm³/mol. The van der Waals surface area contributed by atoms with Gasteiger partial charge in [-0.1, -0.05) is 18.2 Å². The summed E-state index contributed by atoms with van der Waals surface area (Å²) in [5, 5.41) is 7.78. The minimum Gasteiger partial charge on any atom is -0.379 e. The van der Waals surface area contributed by atoms with Crippen molar-refractivity contribution in [2.24, 2.45) is 0 Å². The van der Waals surface area contributed by atoms with Gasteiger partial charge in [0.25, 0.3) is 0 Å². The van der Waals surface area contributed by atoms with Gasteiger partial charge in [-0.3, -0.25) is 4.90 Å². The predicted octanol–water partition coefficient (Wildman–Crippen LogP) is 3.73. The maximum atomic E-state index is 15.4. The Kier molecular flexibility index (Phi) is 6.65. The molecule has 2 N–H and O–H groups in total. The lowest BCUT2D eigenvalue weighted by atomic mass is 10.0. The number of rotatable bonds is 6. The lowest BCUT2D eigenvalue weighted by molar-refractivity contribution is -0.0594. The lowest BCUT2D eigenvalue weighted by Crippen LogP contribution is -2.50. The second kappa shape index (κ2) is 9.64. The Balaban J connectivity index is 1.37. The summed E-state index contributed by atoms with van der Waals surface area (Å²) in [6.45, 7) is 7.58. The van der Waals surface area contributed by atoms with Gasteiger partial charge in [-0.25, -0.2) is 27.0 Å². The molecule has 2 aliphatic rings. The van der Waals surface area contributed by atoms with Crippen LogP contribution in [0.5, 0.6) is 0 Å². The molecule has 1 saturated heterocycles. The van der Waals surface area contributed by atoms with Gasteiger partial charge in [0.15, 0.2) is 5.79 Å². The van der Waals surface area contributed by atoms with Gasteiger partial charge in [-0.15, -0.1) is 5.10 Å². The first kappa shape index (κ1) is 25.5. The van der Waals surface area contributed by atoms with E-state index in [1.807, 2.05) is 18.2 Å². The Hall–Kier alpha value is -3.12. The summed E-state index contributed by atoms with van der Waals surface area (Å²) in [4.78, 5) is 6.35. The molecule has 1 aromatic carbocycles. The first-order valence-corrected chi connectivity index (χ1v) is 13.7. The summed E-state index contributed by atoms with van der Waals surface area (Å²) in [7, 11) is -3.69. The number of halogens is 1. The Morgan fingerprint density at radius 1 is 1.14 bits per heavy atom. The SMILES string of the molecule is CC(C)(C)NS(=O)(=O)c1cccc(-c2ccc3cnc(NC4=CCC(F)(N5CCOCC5)C=C4)nn23)c1. The molecule has 0 amide bonds. The zero-order chi connectivity index (χ0) is 26.3. The molecule has 5 rings (SSSR count). The highest BCUT2D eigenvalue weighted by Crippen LogP contribution is 2.30. The average molecular weight is 527 g/mol. The molecule has 1 fully saturated rings. The Morgan fingerprint density at radius 2 is 1.92 bits per heavy atom. The molecule has 0 saturated carbocycles. The first-order valence-electron chi connectivity index (χ1n) is 12.2. The van der Waals surface area contributed by atoms with Gasteiger partial charge in [-0.05, 0) is 57.2 Å². The Labute approximate surface area is 216 Å². The average Bonchev–Trinajstić information content (AvgIpc) is 3.28. The molecule has 2 aromatic heterocycles. The molecule has 1 atom stereocenters. The number of nitrogens with one attached hydrogen (secondary N) is 2. The van der Waals surface area contributed by atoms with Gasteiger partial charge >= 0.3 is 0 Å². The summed E-state index contributed by atoms with van der Waals surface area (Å²) in [6.07, 6.45) is 6.97. The molecule has 11 heteroatoms. The fourth-order valence-electron chi connectivity index (χ4n) is 4.46. The molecular formula is C26H31FN6O3S. The maximum Gasteiger partial charge on any atom is 0.245 e. The van der Waals surface area contributed by atoms with Gasteiger partial charge in [0.1, 0.15) is 0 Å². The van der Waals surface area contributed by atoms with Crippen LogP contribution in [0.15, 0.2) is 71.4 Å². The van der Waals surface area contributed by atoms with Crippen molar-refractivity contribution in [3.63, 3.8) is 0 Å². The molecular weight excluding hydrogens is 495 g/mol. The second-order valence-corrected chi connectivity index (χ2v) is 11.9. The zero-order valence-corrected chi connectivity index (χ0v) is 21.9. The standard InChI is InChI=1S/C26H31FN6O3S/c1-25(2,3)31-37(34,35)22-6-4-5-19(17-22)23-8-7-21-18-28-24(30-33(21)23)29-20-9-11-26(27,12-10-20)32-13-15-36-16-14-32/h4-11,17-18,31H,12-16H2,1-3H3,(H,29,30). The maximum absolute atomic E-state index is 15.4. The van der Waals surface area contributed by atoms with Gasteiger partial charge < -0.3 is 10.1 Å². The van der Waals surface area contributed by atoms with Crippen LogP contribution < -0.4 is 10.0 Å². The zero-order valence-electron chi connectivity index (χ0n) is 21.1. The molecule has 9 nitrogen and oxygen atoms in total. The number of alkyl halides is 1. The number of allylic oxidation sites excluding steroid dienone is 1. The summed E-state index contributed by atoms with van der Waals surface area (Å²) in [5.74, 6) is -1.18. The van der Waals surface area contributed by atoms with E-state index in [0.29, 0.717) is 43.5 Å². The number of hydrogen-bond acceptors (Lipinski definition) is 7. The monoisotopic (exact) mass is 526 g/mol. The fraction of sp³-hybridized carbons (Fsp3) is 0.385. The summed E-state index contributed by atoms with van der Waals surface area (Å²) >= 11 is 0. The second-order valence-electron chi connectivity index (χ2n) is 10.3. The van der Waals surface area contributed by atoms with E-state index in [9.17, 15) is 8.42 Å². The van der Waals surface area contributed by atoms with Crippen LogP contribution in [0.3, 0.4) is 0 Å². The van der Waals surface area contributed by atoms with E-state index < -0.39 is 21.4 Å². The van der Waals surface area contributed by atoms with Crippen LogP contribution in [0.25, 0.3) is 16.8 Å². The largest absolute Gasteiger partial charge is 0.379 e. The molecule has 196 valence electrons. The summed E-state index contributed by atoms with van der Waals surface area (Å²) in [6, 6.07) is 10.5. The molecule has 3 heterocycles. The third-order valence-electron chi connectivity index (χ3n) is 6.20. The van der Waals surface area contributed by atoms with E-state index in [4.69, 9.17) is 4.74 Å². The van der Waals surface area contributed by atoms with E-state index in [1.54, 1.807) is 72.8 Å². The van der Waals surface area contributed by atoms with Gasteiger partial charge in [0.05, 0.1) is 35.5 Å². The molecule has 0 radical (unpaired) electrons. The number of morpholine rings is 1. The van der Waals surface area contributed by atoms with Gasteiger partial charge in [-0.2, -0.15) is 0 Å². The van der Waals surface area contributed by atoms with E-state index in [2.05, 4.69) is 20.1 Å². The molecule has 1 aliphatic heterocycles. The molecule has 1 unspecified atom stereocenters. The van der Waals surface area contributed by atoms with Crippen molar-refractivity contribution in [1.29, 1.82) is 0 Å². The Morgan fingerprint density at radius 3 is 2.62 bits per heavy atom. The molecule has 37 heavy (non-hydrogen) atoms. The van der Waals surface area contributed by atoms with Crippen molar-refractivity contribution in [1.82, 2.24) is 24.2 Å². The highest BCUT2D eigenvalue weighted by Gasteiger charge is 2.36. The number of sulfonamides is 1. The van der Waals surface area contributed by atoms with Crippen LogP contribution in [-0.4, -0.2) is 65.6 Å². The third kappa shape index (κ3) is 5.59. The number of fused-ring (bicyclic) bond motifs is 1. The number of anilines is 1. The van der Waals surface area contributed by atoms with Gasteiger partial charge in [0, 0.05) is 36.3 Å². The topological polar surface area (TPSA) is 101 Å². The number of benzene rings is 1. The smallest absolute Gasteiger partial charge is 0.245 e. The molecule has 1 aliphatic carbocycles. The summed E-state index contributed by atoms with van der Waals surface area (Å²) < 4.78 is 50.8. The molecule has 3 aromatic rings. The number of ether oxygens (including phenoxy) is 1. The van der Waals surface area contributed by atoms with Crippen molar-refractivity contribution >= 4 is 21.5 Å². The van der Waals surface area contributed by atoms with Crippen molar-refractivity contribution < 1.29 is 17.5 Å². The normalized spacial score (nSPS) is 21.2. The minimum absolute atomic E-state index is 0.176. The van der Waals surface area contributed by atoms with Crippen molar-refractivity contribution in [3.8, 4) is 11.3 Å². The first-order chi connectivity index (χ1) is 17.5. The van der Waals surface area contributed by atoms with Gasteiger partial charge in [0.2, 0.25) is 16.0 Å². The van der Waals surface area contributed by atoms with Crippen LogP contribution >= 0.6 is 0 Å². The third-order valence-corrected chi connectivity index (χ3v) is 7.95. The fourth-order valence-corrected chi connectivity index (χ4v) is 5.92. The molecule has 0 spiro atoms. The van der Waals surface area contributed by atoms with Crippen LogP contribution in [-0.2, 0) is 14.8 Å². The van der Waals surface area contributed by atoms with Crippen LogP contribution in [0.2, 0.25) is 0 Å². The molecule has 0 bridgehead atoms. The van der Waals surface area contributed by atoms with Crippen LogP contribution in [0.4, 0.5) is 10.3 Å². The quantitative estimate of drug-likeness (QED) is 0.472. The van der Waals surface area contributed by atoms with Crippen molar-refractivity contribution in [2.75, 3.05) is 31.6 Å². The van der Waals surface area contributed by atoms with E-state index >= 15 is 4.39 Å². The van der Waals surface area contributed by atoms with Crippen LogP contribution in [0.1, 0.15) is 27.2 Å².